The van der Waals surface area contributed by atoms with Crippen molar-refractivity contribution in [3.05, 3.63) is 53.6 Å². The molecule has 0 radical (unpaired) electrons. The largest absolute Gasteiger partial charge is 0.454 e. The van der Waals surface area contributed by atoms with Crippen LogP contribution in [0.15, 0.2) is 42.5 Å². The topological polar surface area (TPSA) is 42.5 Å². The fourth-order valence-electron chi connectivity index (χ4n) is 2.40. The van der Waals surface area contributed by atoms with Gasteiger partial charge in [-0.1, -0.05) is 29.8 Å². The van der Waals surface area contributed by atoms with Crippen molar-refractivity contribution in [1.82, 2.24) is 5.32 Å². The molecule has 0 saturated heterocycles. The summed E-state index contributed by atoms with van der Waals surface area (Å²) in [6.45, 7) is 3.22. The number of nitrogens with one attached hydrogen (secondary N) is 2. The minimum atomic E-state index is 0.278. The molecule has 3 rings (SSSR count). The van der Waals surface area contributed by atoms with Crippen LogP contribution >= 0.6 is 12.2 Å². The number of aryl methyl sites for hydroxylation is 2. The van der Waals surface area contributed by atoms with Crippen LogP contribution in [-0.4, -0.2) is 18.5 Å². The van der Waals surface area contributed by atoms with Crippen LogP contribution in [0.1, 0.15) is 17.5 Å². The number of fused-ring (bicyclic) bond motifs is 1. The standard InChI is InChI=1S/C18H20N2O2S/c1-13-4-6-14(7-5-13)3-2-10-19-18(23)20-15-8-9-16-17(11-15)22-12-21-16/h4-9,11H,2-3,10,12H2,1H3,(H2,19,20,23). The summed E-state index contributed by atoms with van der Waals surface area (Å²) in [6.07, 6.45) is 2.08. The first-order valence-corrected chi connectivity index (χ1v) is 8.11. The molecule has 0 spiro atoms. The molecule has 1 heterocycles. The molecule has 1 aliphatic rings. The van der Waals surface area contributed by atoms with Gasteiger partial charge in [0.25, 0.3) is 0 Å². The summed E-state index contributed by atoms with van der Waals surface area (Å²) in [4.78, 5) is 0. The van der Waals surface area contributed by atoms with Crippen LogP contribution in [0.3, 0.4) is 0 Å². The van der Waals surface area contributed by atoms with E-state index < -0.39 is 0 Å². The molecule has 2 N–H and O–H groups in total. The Morgan fingerprint density at radius 2 is 1.87 bits per heavy atom. The average molecular weight is 328 g/mol. The maximum atomic E-state index is 5.35. The molecule has 4 nitrogen and oxygen atoms in total. The van der Waals surface area contributed by atoms with Crippen molar-refractivity contribution in [3.8, 4) is 11.5 Å². The van der Waals surface area contributed by atoms with E-state index >= 15 is 0 Å². The van der Waals surface area contributed by atoms with Crippen molar-refractivity contribution in [1.29, 1.82) is 0 Å². The molecule has 120 valence electrons. The van der Waals surface area contributed by atoms with Crippen molar-refractivity contribution >= 4 is 23.0 Å². The SMILES string of the molecule is Cc1ccc(CCCNC(=S)Nc2ccc3c(c2)OCO3)cc1. The van der Waals surface area contributed by atoms with Gasteiger partial charge in [0.2, 0.25) is 6.79 Å². The van der Waals surface area contributed by atoms with Gasteiger partial charge in [0.05, 0.1) is 0 Å². The van der Waals surface area contributed by atoms with Crippen LogP contribution in [0.5, 0.6) is 11.5 Å². The van der Waals surface area contributed by atoms with Crippen LogP contribution in [0.25, 0.3) is 0 Å². The van der Waals surface area contributed by atoms with Gasteiger partial charge in [0, 0.05) is 18.3 Å². The number of hydrogen-bond donors (Lipinski definition) is 2. The molecular formula is C18H20N2O2S. The molecular weight excluding hydrogens is 308 g/mol. The van der Waals surface area contributed by atoms with E-state index in [1.54, 1.807) is 0 Å². The molecule has 2 aromatic carbocycles. The third kappa shape index (κ3) is 4.36. The average Bonchev–Trinajstić information content (AvgIpc) is 3.01. The van der Waals surface area contributed by atoms with E-state index in [9.17, 15) is 0 Å². The van der Waals surface area contributed by atoms with Gasteiger partial charge in [-0.25, -0.2) is 0 Å². The molecule has 0 amide bonds. The molecule has 0 aromatic heterocycles. The predicted molar refractivity (Wildman–Crippen MR) is 96.3 cm³/mol. The lowest BCUT2D eigenvalue weighted by atomic mass is 10.1. The number of anilines is 1. The van der Waals surface area contributed by atoms with Crippen molar-refractivity contribution in [3.63, 3.8) is 0 Å². The van der Waals surface area contributed by atoms with Gasteiger partial charge in [0.15, 0.2) is 16.6 Å². The molecule has 0 saturated carbocycles. The Bertz CT molecular complexity index is 686. The van der Waals surface area contributed by atoms with Crippen LogP contribution < -0.4 is 20.1 Å². The summed E-state index contributed by atoms with van der Waals surface area (Å²) in [5.74, 6) is 1.52. The minimum absolute atomic E-state index is 0.278. The zero-order valence-corrected chi connectivity index (χ0v) is 13.9. The summed E-state index contributed by atoms with van der Waals surface area (Å²) < 4.78 is 10.6. The third-order valence-electron chi connectivity index (χ3n) is 3.68. The highest BCUT2D eigenvalue weighted by atomic mass is 32.1. The fourth-order valence-corrected chi connectivity index (χ4v) is 2.62. The van der Waals surface area contributed by atoms with E-state index in [4.69, 9.17) is 21.7 Å². The molecule has 23 heavy (non-hydrogen) atoms. The van der Waals surface area contributed by atoms with Crippen molar-refractivity contribution in [2.24, 2.45) is 0 Å². The Hall–Kier alpha value is -2.27. The lowest BCUT2D eigenvalue weighted by Gasteiger charge is -2.11. The Balaban J connectivity index is 1.40. The van der Waals surface area contributed by atoms with E-state index in [-0.39, 0.29) is 6.79 Å². The second-order valence-corrected chi connectivity index (χ2v) is 5.95. The minimum Gasteiger partial charge on any atom is -0.454 e. The number of benzene rings is 2. The van der Waals surface area contributed by atoms with E-state index in [2.05, 4.69) is 41.8 Å². The highest BCUT2D eigenvalue weighted by Crippen LogP contribution is 2.34. The van der Waals surface area contributed by atoms with Crippen LogP contribution in [0.4, 0.5) is 5.69 Å². The van der Waals surface area contributed by atoms with Gasteiger partial charge in [0.1, 0.15) is 0 Å². The fraction of sp³-hybridized carbons (Fsp3) is 0.278. The number of thiocarbonyl (C=S) groups is 1. The van der Waals surface area contributed by atoms with Gasteiger partial charge >= 0.3 is 0 Å². The monoisotopic (exact) mass is 328 g/mol. The quantitative estimate of drug-likeness (QED) is 0.648. The van der Waals surface area contributed by atoms with Crippen molar-refractivity contribution in [2.75, 3.05) is 18.7 Å². The van der Waals surface area contributed by atoms with Crippen molar-refractivity contribution in [2.45, 2.75) is 19.8 Å². The van der Waals surface area contributed by atoms with Gasteiger partial charge < -0.3 is 20.1 Å². The van der Waals surface area contributed by atoms with Gasteiger partial charge in [-0.05, 0) is 49.7 Å². The Labute approximate surface area is 141 Å². The molecule has 5 heteroatoms. The summed E-state index contributed by atoms with van der Waals surface area (Å²) in [6, 6.07) is 14.3. The van der Waals surface area contributed by atoms with E-state index in [0.29, 0.717) is 5.11 Å². The summed E-state index contributed by atoms with van der Waals surface area (Å²) >= 11 is 5.32. The van der Waals surface area contributed by atoms with E-state index in [1.165, 1.54) is 11.1 Å². The number of rotatable bonds is 5. The van der Waals surface area contributed by atoms with E-state index in [1.807, 2.05) is 18.2 Å². The lowest BCUT2D eigenvalue weighted by Crippen LogP contribution is -2.29. The van der Waals surface area contributed by atoms with Crippen LogP contribution in [0, 0.1) is 6.92 Å². The normalized spacial score (nSPS) is 12.0. The first-order chi connectivity index (χ1) is 11.2. The maximum Gasteiger partial charge on any atom is 0.231 e. The second-order valence-electron chi connectivity index (χ2n) is 5.54. The number of ether oxygens (including phenoxy) is 2. The Morgan fingerprint density at radius 1 is 1.09 bits per heavy atom. The summed E-state index contributed by atoms with van der Waals surface area (Å²) in [5.41, 5.74) is 3.54. The lowest BCUT2D eigenvalue weighted by molar-refractivity contribution is 0.174. The Kier molecular flexibility index (Phi) is 4.98. The first kappa shape index (κ1) is 15.6. The molecule has 0 atom stereocenters. The summed E-state index contributed by atoms with van der Waals surface area (Å²) in [5, 5.41) is 7.01. The van der Waals surface area contributed by atoms with E-state index in [0.717, 1.165) is 36.6 Å². The predicted octanol–water partition coefficient (Wildman–Crippen LogP) is 3.64. The molecule has 1 aliphatic heterocycles. The molecule has 0 fully saturated rings. The maximum absolute atomic E-state index is 5.35. The van der Waals surface area contributed by atoms with Crippen LogP contribution in [0.2, 0.25) is 0 Å². The molecule has 2 aromatic rings. The smallest absolute Gasteiger partial charge is 0.231 e. The highest BCUT2D eigenvalue weighted by Gasteiger charge is 2.13. The first-order valence-electron chi connectivity index (χ1n) is 7.71. The molecule has 0 bridgehead atoms. The highest BCUT2D eigenvalue weighted by molar-refractivity contribution is 7.80. The summed E-state index contributed by atoms with van der Waals surface area (Å²) in [7, 11) is 0. The zero-order chi connectivity index (χ0) is 16.1. The van der Waals surface area contributed by atoms with Gasteiger partial charge in [-0.2, -0.15) is 0 Å². The zero-order valence-electron chi connectivity index (χ0n) is 13.1. The molecule has 0 unspecified atom stereocenters. The third-order valence-corrected chi connectivity index (χ3v) is 3.93. The van der Waals surface area contributed by atoms with Gasteiger partial charge in [-0.3, -0.25) is 0 Å². The second kappa shape index (κ2) is 7.33. The van der Waals surface area contributed by atoms with Gasteiger partial charge in [-0.15, -0.1) is 0 Å². The number of hydrogen-bond acceptors (Lipinski definition) is 3. The Morgan fingerprint density at radius 3 is 2.70 bits per heavy atom. The molecule has 0 aliphatic carbocycles. The van der Waals surface area contributed by atoms with Crippen LogP contribution in [-0.2, 0) is 6.42 Å². The van der Waals surface area contributed by atoms with Crippen molar-refractivity contribution < 1.29 is 9.47 Å².